The molecule has 1 atom stereocenters. The first-order chi connectivity index (χ1) is 8.00. The van der Waals surface area contributed by atoms with Crippen molar-refractivity contribution in [3.8, 4) is 5.75 Å². The molecule has 0 heterocycles. The number of para-hydroxylation sites is 1. The predicted molar refractivity (Wildman–Crippen MR) is 73.5 cm³/mol. The van der Waals surface area contributed by atoms with Gasteiger partial charge in [-0.25, -0.2) is 0 Å². The maximum absolute atomic E-state index is 5.67. The summed E-state index contributed by atoms with van der Waals surface area (Å²) in [6, 6.07) is 8.55. The summed E-state index contributed by atoms with van der Waals surface area (Å²) in [5, 5.41) is 3.64. The maximum atomic E-state index is 5.67. The molecule has 96 valence electrons. The summed E-state index contributed by atoms with van der Waals surface area (Å²) in [6.45, 7) is 11.6. The van der Waals surface area contributed by atoms with Gasteiger partial charge in [0.25, 0.3) is 0 Å². The van der Waals surface area contributed by atoms with Gasteiger partial charge in [0.2, 0.25) is 0 Å². The summed E-state index contributed by atoms with van der Waals surface area (Å²) in [4.78, 5) is 0. The fraction of sp³-hybridized carbons (Fsp3) is 0.600. The van der Waals surface area contributed by atoms with E-state index in [-0.39, 0.29) is 5.54 Å². The molecule has 0 fully saturated rings. The Kier molecular flexibility index (Phi) is 5.01. The third-order valence-electron chi connectivity index (χ3n) is 3.18. The lowest BCUT2D eigenvalue weighted by molar-refractivity contribution is 0.312. The molecule has 0 saturated carbocycles. The Morgan fingerprint density at radius 3 is 2.47 bits per heavy atom. The average Bonchev–Trinajstić information content (AvgIpc) is 2.29. The minimum atomic E-state index is 0.152. The summed E-state index contributed by atoms with van der Waals surface area (Å²) >= 11 is 0. The molecule has 2 nitrogen and oxygen atoms in total. The summed E-state index contributed by atoms with van der Waals surface area (Å²) in [5.41, 5.74) is 1.38. The molecule has 0 radical (unpaired) electrons. The van der Waals surface area contributed by atoms with Crippen molar-refractivity contribution in [3.63, 3.8) is 0 Å². The Bertz CT molecular complexity index is 347. The van der Waals surface area contributed by atoms with Crippen LogP contribution in [0.2, 0.25) is 0 Å². The highest BCUT2D eigenvalue weighted by Crippen LogP contribution is 2.26. The molecule has 0 aliphatic heterocycles. The van der Waals surface area contributed by atoms with Gasteiger partial charge in [0.05, 0.1) is 6.61 Å². The van der Waals surface area contributed by atoms with E-state index in [4.69, 9.17) is 4.74 Å². The molecule has 1 N–H and O–H groups in total. The van der Waals surface area contributed by atoms with E-state index in [9.17, 15) is 0 Å². The lowest BCUT2D eigenvalue weighted by Crippen LogP contribution is -2.40. The van der Waals surface area contributed by atoms with Crippen LogP contribution in [0.3, 0.4) is 0 Å². The lowest BCUT2D eigenvalue weighted by atomic mass is 9.98. The molecule has 0 aromatic heterocycles. The molecule has 1 aromatic rings. The molecule has 1 aromatic carbocycles. The van der Waals surface area contributed by atoms with Gasteiger partial charge in [-0.2, -0.15) is 0 Å². The molecule has 0 bridgehead atoms. The Morgan fingerprint density at radius 2 is 1.88 bits per heavy atom. The van der Waals surface area contributed by atoms with Crippen molar-refractivity contribution in [3.05, 3.63) is 29.8 Å². The average molecular weight is 235 g/mol. The minimum Gasteiger partial charge on any atom is -0.494 e. The summed E-state index contributed by atoms with van der Waals surface area (Å²) in [7, 11) is 0. The van der Waals surface area contributed by atoms with Gasteiger partial charge >= 0.3 is 0 Å². The van der Waals surface area contributed by atoms with Gasteiger partial charge in [-0.15, -0.1) is 0 Å². The molecular weight excluding hydrogens is 210 g/mol. The van der Waals surface area contributed by atoms with Crippen LogP contribution in [0, 0.1) is 0 Å². The Morgan fingerprint density at radius 1 is 1.24 bits per heavy atom. The van der Waals surface area contributed by atoms with Crippen LogP contribution >= 0.6 is 0 Å². The summed E-state index contributed by atoms with van der Waals surface area (Å²) in [5.74, 6) is 0.988. The van der Waals surface area contributed by atoms with E-state index in [2.05, 4.69) is 45.1 Å². The molecule has 0 aliphatic carbocycles. The third-order valence-corrected chi connectivity index (χ3v) is 3.18. The van der Waals surface area contributed by atoms with Gasteiger partial charge in [-0.3, -0.25) is 0 Å². The van der Waals surface area contributed by atoms with Crippen LogP contribution in [0.25, 0.3) is 0 Å². The fourth-order valence-corrected chi connectivity index (χ4v) is 1.89. The largest absolute Gasteiger partial charge is 0.494 e. The molecule has 0 amide bonds. The van der Waals surface area contributed by atoms with Crippen molar-refractivity contribution in [2.75, 3.05) is 6.61 Å². The molecule has 17 heavy (non-hydrogen) atoms. The van der Waals surface area contributed by atoms with Gasteiger partial charge in [0.1, 0.15) is 5.75 Å². The van der Waals surface area contributed by atoms with Crippen LogP contribution < -0.4 is 10.1 Å². The van der Waals surface area contributed by atoms with Crippen LogP contribution in [0.5, 0.6) is 5.75 Å². The molecule has 1 unspecified atom stereocenters. The first kappa shape index (κ1) is 14.0. The first-order valence-electron chi connectivity index (χ1n) is 6.49. The van der Waals surface area contributed by atoms with E-state index in [0.717, 1.165) is 12.2 Å². The number of hydrogen-bond donors (Lipinski definition) is 1. The van der Waals surface area contributed by atoms with E-state index in [1.807, 2.05) is 19.1 Å². The number of rotatable bonds is 6. The monoisotopic (exact) mass is 235 g/mol. The van der Waals surface area contributed by atoms with E-state index < -0.39 is 0 Å². The van der Waals surface area contributed by atoms with Crippen molar-refractivity contribution in [1.29, 1.82) is 0 Å². The first-order valence-corrected chi connectivity index (χ1v) is 6.49. The highest BCUT2D eigenvalue weighted by molar-refractivity contribution is 5.35. The van der Waals surface area contributed by atoms with Crippen LogP contribution in [-0.2, 0) is 0 Å². The number of nitrogens with one attached hydrogen (secondary N) is 1. The lowest BCUT2D eigenvalue weighted by Gasteiger charge is -2.30. The smallest absolute Gasteiger partial charge is 0.124 e. The SMILES string of the molecule is CCOc1ccccc1C(C)NC(C)(C)CC. The van der Waals surface area contributed by atoms with Gasteiger partial charge < -0.3 is 10.1 Å². The van der Waals surface area contributed by atoms with Crippen molar-refractivity contribution >= 4 is 0 Å². The van der Waals surface area contributed by atoms with Crippen LogP contribution in [-0.4, -0.2) is 12.1 Å². The van der Waals surface area contributed by atoms with Gasteiger partial charge in [0, 0.05) is 17.1 Å². The number of benzene rings is 1. The summed E-state index contributed by atoms with van der Waals surface area (Å²) < 4.78 is 5.67. The summed E-state index contributed by atoms with van der Waals surface area (Å²) in [6.07, 6.45) is 1.11. The normalized spacial score (nSPS) is 13.5. The third kappa shape index (κ3) is 4.04. The molecular formula is C15H25NO. The second-order valence-corrected chi connectivity index (χ2v) is 5.07. The van der Waals surface area contributed by atoms with E-state index in [1.54, 1.807) is 0 Å². The second-order valence-electron chi connectivity index (χ2n) is 5.07. The zero-order chi connectivity index (χ0) is 12.9. The standard InChI is InChI=1S/C15H25NO/c1-6-15(4,5)16-12(3)13-10-8-9-11-14(13)17-7-2/h8-12,16H,6-7H2,1-5H3. The van der Waals surface area contributed by atoms with Crippen molar-refractivity contribution in [2.45, 2.75) is 52.6 Å². The fourth-order valence-electron chi connectivity index (χ4n) is 1.89. The minimum absolute atomic E-state index is 0.152. The van der Waals surface area contributed by atoms with Crippen molar-refractivity contribution in [2.24, 2.45) is 0 Å². The highest BCUT2D eigenvalue weighted by Gasteiger charge is 2.20. The predicted octanol–water partition coefficient (Wildman–Crippen LogP) is 3.92. The zero-order valence-corrected chi connectivity index (χ0v) is 11.7. The van der Waals surface area contributed by atoms with E-state index in [0.29, 0.717) is 12.6 Å². The Balaban J connectivity index is 2.84. The highest BCUT2D eigenvalue weighted by atomic mass is 16.5. The van der Waals surface area contributed by atoms with E-state index >= 15 is 0 Å². The molecule has 0 spiro atoms. The topological polar surface area (TPSA) is 21.3 Å². The molecule has 0 saturated heterocycles. The second kappa shape index (κ2) is 6.06. The van der Waals surface area contributed by atoms with Crippen molar-refractivity contribution < 1.29 is 4.74 Å². The quantitative estimate of drug-likeness (QED) is 0.806. The molecule has 1 rings (SSSR count). The maximum Gasteiger partial charge on any atom is 0.124 e. The molecule has 2 heteroatoms. The van der Waals surface area contributed by atoms with Crippen LogP contribution in [0.1, 0.15) is 52.6 Å². The molecule has 0 aliphatic rings. The van der Waals surface area contributed by atoms with Gasteiger partial charge in [-0.05, 0) is 40.2 Å². The van der Waals surface area contributed by atoms with E-state index in [1.165, 1.54) is 5.56 Å². The number of hydrogen-bond acceptors (Lipinski definition) is 2. The van der Waals surface area contributed by atoms with Crippen LogP contribution in [0.4, 0.5) is 0 Å². The van der Waals surface area contributed by atoms with Crippen LogP contribution in [0.15, 0.2) is 24.3 Å². The number of ether oxygens (including phenoxy) is 1. The van der Waals surface area contributed by atoms with Gasteiger partial charge in [-0.1, -0.05) is 25.1 Å². The van der Waals surface area contributed by atoms with Gasteiger partial charge in [0.15, 0.2) is 0 Å². The Hall–Kier alpha value is -1.02. The van der Waals surface area contributed by atoms with Crippen molar-refractivity contribution in [1.82, 2.24) is 5.32 Å². The Labute approximate surface area is 105 Å². The zero-order valence-electron chi connectivity index (χ0n) is 11.7.